The topological polar surface area (TPSA) is 154 Å². The molecule has 3 aromatic carbocycles. The molecule has 2 N–H and O–H groups in total. The number of carboxylic acids is 2. The van der Waals surface area contributed by atoms with Crippen LogP contribution in [-0.2, 0) is 50.7 Å². The predicted molar refractivity (Wildman–Crippen MR) is 151 cm³/mol. The minimum Gasteiger partial charge on any atom is -0.481 e. The van der Waals surface area contributed by atoms with E-state index in [1.807, 2.05) is 0 Å². The Morgan fingerprint density at radius 3 is 1.73 bits per heavy atom. The second-order valence-corrected chi connectivity index (χ2v) is 13.5. The highest BCUT2D eigenvalue weighted by molar-refractivity contribution is 7.86. The normalized spacial score (nSPS) is 15.0. The van der Waals surface area contributed by atoms with Crippen molar-refractivity contribution in [3.63, 3.8) is 0 Å². The molecule has 0 saturated carbocycles. The van der Waals surface area contributed by atoms with Crippen LogP contribution < -0.4 is 0 Å². The highest BCUT2D eigenvalue weighted by atomic mass is 32.2. The van der Waals surface area contributed by atoms with Crippen LogP contribution >= 0.6 is 7.60 Å². The van der Waals surface area contributed by atoms with Crippen LogP contribution in [0.4, 0.5) is 0 Å². The van der Waals surface area contributed by atoms with Crippen molar-refractivity contribution in [2.45, 2.75) is 45.0 Å². The molecule has 0 aliphatic carbocycles. The Labute approximate surface area is 239 Å². The lowest BCUT2D eigenvalue weighted by molar-refractivity contribution is -0.158. The maximum Gasteiger partial charge on any atom is 0.334 e. The molecule has 0 radical (unpaired) electrons. The molecule has 0 saturated heterocycles. The van der Waals surface area contributed by atoms with Gasteiger partial charge in [0.25, 0.3) is 10.1 Å². The van der Waals surface area contributed by atoms with Crippen LogP contribution in [0, 0.1) is 18.3 Å². The maximum atomic E-state index is 14.1. The van der Waals surface area contributed by atoms with Crippen molar-refractivity contribution in [1.82, 2.24) is 0 Å². The van der Waals surface area contributed by atoms with Crippen molar-refractivity contribution in [3.8, 4) is 0 Å². The zero-order valence-electron chi connectivity index (χ0n) is 22.9. The molecule has 0 aromatic heterocycles. The Kier molecular flexibility index (Phi) is 10.6. The Morgan fingerprint density at radius 2 is 1.32 bits per heavy atom. The summed E-state index contributed by atoms with van der Waals surface area (Å²) in [4.78, 5) is 24.6. The summed E-state index contributed by atoms with van der Waals surface area (Å²) in [5.74, 6) is -4.74. The minimum atomic E-state index is -4.59. The van der Waals surface area contributed by atoms with E-state index in [1.54, 1.807) is 67.6 Å². The van der Waals surface area contributed by atoms with Crippen LogP contribution in [-0.4, -0.2) is 42.8 Å². The van der Waals surface area contributed by atoms with E-state index in [4.69, 9.17) is 13.2 Å². The molecule has 1 unspecified atom stereocenters. The number of carboxylic acid groups (broad SMARTS) is 2. The van der Waals surface area contributed by atoms with E-state index < -0.39 is 53.3 Å². The van der Waals surface area contributed by atoms with Crippen LogP contribution in [0.3, 0.4) is 0 Å². The third-order valence-electron chi connectivity index (χ3n) is 6.79. The molecule has 12 heteroatoms. The van der Waals surface area contributed by atoms with E-state index in [2.05, 4.69) is 0 Å². The highest BCUT2D eigenvalue weighted by Crippen LogP contribution is 2.56. The third kappa shape index (κ3) is 8.58. The van der Waals surface area contributed by atoms with Gasteiger partial charge in [-0.2, -0.15) is 8.42 Å². The third-order valence-corrected chi connectivity index (χ3v) is 10.2. The van der Waals surface area contributed by atoms with Gasteiger partial charge >= 0.3 is 19.5 Å². The lowest BCUT2D eigenvalue weighted by Crippen LogP contribution is -2.47. The molecule has 0 fully saturated rings. The SMILES string of the molecule is Cc1ccc(S(=O)(=O)O[C@@H](C(=O)O)C(C)[C@@](C)(CP(=O)(OCc2ccccc2)OCc2ccccc2)C(=O)O)cc1. The number of aliphatic carboxylic acids is 2. The lowest BCUT2D eigenvalue weighted by atomic mass is 9.76. The molecule has 10 nitrogen and oxygen atoms in total. The van der Waals surface area contributed by atoms with Crippen molar-refractivity contribution >= 4 is 29.7 Å². The average molecular weight is 605 g/mol. The van der Waals surface area contributed by atoms with Crippen molar-refractivity contribution in [3.05, 3.63) is 102 Å². The van der Waals surface area contributed by atoms with Gasteiger partial charge in [0.1, 0.15) is 0 Å². The highest BCUT2D eigenvalue weighted by Gasteiger charge is 2.52. The molecule has 41 heavy (non-hydrogen) atoms. The van der Waals surface area contributed by atoms with E-state index in [9.17, 15) is 32.8 Å². The van der Waals surface area contributed by atoms with Crippen molar-refractivity contribution < 1.29 is 46.0 Å². The molecule has 3 aromatic rings. The molecule has 0 bridgehead atoms. The van der Waals surface area contributed by atoms with Crippen molar-refractivity contribution in [1.29, 1.82) is 0 Å². The van der Waals surface area contributed by atoms with Crippen LogP contribution in [0.1, 0.15) is 30.5 Å². The van der Waals surface area contributed by atoms with Crippen LogP contribution in [0.5, 0.6) is 0 Å². The number of carbonyl (C=O) groups is 2. The maximum absolute atomic E-state index is 14.1. The van der Waals surface area contributed by atoms with Crippen molar-refractivity contribution in [2.75, 3.05) is 6.16 Å². The second kappa shape index (κ2) is 13.5. The fourth-order valence-electron chi connectivity index (χ4n) is 4.00. The molecular formula is C29H33O10PS. The molecule has 3 rings (SSSR count). The van der Waals surface area contributed by atoms with E-state index in [0.717, 1.165) is 5.56 Å². The van der Waals surface area contributed by atoms with Crippen molar-refractivity contribution in [2.24, 2.45) is 11.3 Å². The summed E-state index contributed by atoms with van der Waals surface area (Å²) in [5.41, 5.74) is -0.0456. The molecule has 0 amide bonds. The molecule has 0 heterocycles. The number of benzene rings is 3. The first-order valence-electron chi connectivity index (χ1n) is 12.7. The number of hydrogen-bond acceptors (Lipinski definition) is 8. The molecule has 0 aliphatic heterocycles. The quantitative estimate of drug-likeness (QED) is 0.168. The van der Waals surface area contributed by atoms with Crippen LogP contribution in [0.15, 0.2) is 89.8 Å². The zero-order valence-corrected chi connectivity index (χ0v) is 24.6. The second-order valence-electron chi connectivity index (χ2n) is 9.92. The lowest BCUT2D eigenvalue weighted by Gasteiger charge is -2.36. The standard InChI is InChI=1S/C29H33O10PS/c1-21-14-16-25(17-15-21)41(35,36)39-26(27(30)31)22(2)29(3,28(32)33)20-40(34,37-18-23-10-6-4-7-11-23)38-19-24-12-8-5-9-13-24/h4-17,22,26H,18-20H2,1-3H3,(H,30,31)(H,32,33)/t22?,26-,29-/m1/s1. The Hall–Kier alpha value is -3.34. The fraction of sp³-hybridized carbons (Fsp3) is 0.310. The predicted octanol–water partition coefficient (Wildman–Crippen LogP) is 5.51. The summed E-state index contributed by atoms with van der Waals surface area (Å²) in [6.45, 7) is 3.80. The van der Waals surface area contributed by atoms with E-state index in [1.165, 1.54) is 38.1 Å². The first kappa shape index (κ1) is 32.2. The first-order valence-corrected chi connectivity index (χ1v) is 15.8. The molecule has 220 valence electrons. The van der Waals surface area contributed by atoms with E-state index in [-0.39, 0.29) is 18.1 Å². The van der Waals surface area contributed by atoms with Gasteiger partial charge < -0.3 is 19.3 Å². The summed E-state index contributed by atoms with van der Waals surface area (Å²) in [5, 5.41) is 20.2. The Bertz CT molecular complexity index is 1430. The molecule has 0 spiro atoms. The summed E-state index contributed by atoms with van der Waals surface area (Å²) in [7, 11) is -8.84. The van der Waals surface area contributed by atoms with Crippen LogP contribution in [0.2, 0.25) is 0 Å². The molecule has 3 atom stereocenters. The summed E-state index contributed by atoms with van der Waals surface area (Å²) >= 11 is 0. The molecular weight excluding hydrogens is 571 g/mol. The van der Waals surface area contributed by atoms with Gasteiger partial charge in [0.15, 0.2) is 6.10 Å². The fourth-order valence-corrected chi connectivity index (χ4v) is 7.28. The summed E-state index contributed by atoms with van der Waals surface area (Å²) in [6, 6.07) is 23.0. The number of rotatable bonds is 15. The summed E-state index contributed by atoms with van der Waals surface area (Å²) < 4.78 is 56.5. The smallest absolute Gasteiger partial charge is 0.334 e. The average Bonchev–Trinajstić information content (AvgIpc) is 2.94. The Balaban J connectivity index is 1.93. The summed E-state index contributed by atoms with van der Waals surface area (Å²) in [6.07, 6.45) is -2.88. The zero-order chi connectivity index (χ0) is 30.3. The number of hydrogen-bond donors (Lipinski definition) is 2. The van der Waals surface area contributed by atoms with Gasteiger partial charge in [-0.25, -0.2) is 4.79 Å². The van der Waals surface area contributed by atoms with Gasteiger partial charge in [0, 0.05) is 5.92 Å². The largest absolute Gasteiger partial charge is 0.481 e. The van der Waals surface area contributed by atoms with Crippen LogP contribution in [0.25, 0.3) is 0 Å². The number of aryl methyl sites for hydroxylation is 1. The van der Waals surface area contributed by atoms with Gasteiger partial charge in [0.2, 0.25) is 0 Å². The minimum absolute atomic E-state index is 0.169. The Morgan fingerprint density at radius 1 is 0.854 bits per heavy atom. The molecule has 0 aliphatic rings. The first-order chi connectivity index (χ1) is 19.3. The van der Waals surface area contributed by atoms with Gasteiger partial charge in [-0.3, -0.25) is 13.5 Å². The van der Waals surface area contributed by atoms with E-state index in [0.29, 0.717) is 11.1 Å². The van der Waals surface area contributed by atoms with Gasteiger partial charge in [-0.15, -0.1) is 0 Å². The monoisotopic (exact) mass is 604 g/mol. The van der Waals surface area contributed by atoms with Gasteiger partial charge in [0.05, 0.1) is 29.7 Å². The van der Waals surface area contributed by atoms with E-state index >= 15 is 0 Å². The van der Waals surface area contributed by atoms with Gasteiger partial charge in [-0.1, -0.05) is 85.3 Å². The van der Waals surface area contributed by atoms with Gasteiger partial charge in [-0.05, 0) is 37.1 Å².